The third kappa shape index (κ3) is 7.80. The van der Waals surface area contributed by atoms with E-state index in [-0.39, 0.29) is 5.91 Å². The molecule has 0 spiro atoms. The molecule has 0 aromatic heterocycles. The first-order valence-electron chi connectivity index (χ1n) is 7.30. The number of nitrogens with zero attached hydrogens (tertiary/aromatic N) is 1. The van der Waals surface area contributed by atoms with Crippen LogP contribution in [-0.4, -0.2) is 55.9 Å². The van der Waals surface area contributed by atoms with Gasteiger partial charge in [-0.15, -0.1) is 0 Å². The number of carbonyl (C=O) groups is 1. The molecule has 0 aliphatic carbocycles. The van der Waals surface area contributed by atoms with Gasteiger partial charge in [0, 0.05) is 31.7 Å². The van der Waals surface area contributed by atoms with E-state index < -0.39 is 6.10 Å². The number of nitrogens with one attached hydrogen (secondary N) is 1. The van der Waals surface area contributed by atoms with Gasteiger partial charge in [-0.3, -0.25) is 4.79 Å². The Balaban J connectivity index is 2.41. The van der Waals surface area contributed by atoms with Crippen LogP contribution in [0.3, 0.4) is 0 Å². The van der Waals surface area contributed by atoms with E-state index in [0.29, 0.717) is 26.1 Å². The van der Waals surface area contributed by atoms with Gasteiger partial charge in [0.05, 0.1) is 12.7 Å². The molecule has 21 heavy (non-hydrogen) atoms. The van der Waals surface area contributed by atoms with Gasteiger partial charge in [-0.1, -0.05) is 12.1 Å². The first-order valence-corrected chi connectivity index (χ1v) is 7.30. The monoisotopic (exact) mass is 294 g/mol. The number of ether oxygens (including phenoxy) is 1. The number of anilines is 1. The van der Waals surface area contributed by atoms with E-state index in [1.807, 2.05) is 50.2 Å². The van der Waals surface area contributed by atoms with Crippen molar-refractivity contribution in [2.75, 3.05) is 39.2 Å². The van der Waals surface area contributed by atoms with E-state index in [2.05, 4.69) is 5.32 Å². The lowest BCUT2D eigenvalue weighted by molar-refractivity contribution is -0.116. The number of hydrogen-bond acceptors (Lipinski definition) is 4. The summed E-state index contributed by atoms with van der Waals surface area (Å²) in [5.41, 5.74) is 1.80. The fourth-order valence-electron chi connectivity index (χ4n) is 1.86. The number of carbonyl (C=O) groups excluding carboxylic acids is 1. The molecule has 0 aliphatic heterocycles. The van der Waals surface area contributed by atoms with Crippen LogP contribution in [-0.2, 0) is 16.0 Å². The highest BCUT2D eigenvalue weighted by atomic mass is 16.5. The van der Waals surface area contributed by atoms with Gasteiger partial charge < -0.3 is 20.1 Å². The molecule has 0 saturated carbocycles. The number of rotatable bonds is 9. The maximum atomic E-state index is 11.7. The Bertz CT molecular complexity index is 418. The van der Waals surface area contributed by atoms with Crippen molar-refractivity contribution in [3.05, 3.63) is 29.8 Å². The van der Waals surface area contributed by atoms with E-state index in [1.54, 1.807) is 0 Å². The second-order valence-corrected chi connectivity index (χ2v) is 5.32. The Labute approximate surface area is 126 Å². The van der Waals surface area contributed by atoms with Crippen LogP contribution in [0, 0.1) is 0 Å². The van der Waals surface area contributed by atoms with E-state index in [4.69, 9.17) is 4.74 Å². The Kier molecular flexibility index (Phi) is 7.97. The Morgan fingerprint density at radius 1 is 1.33 bits per heavy atom. The molecule has 0 fully saturated rings. The van der Waals surface area contributed by atoms with Gasteiger partial charge in [0.15, 0.2) is 0 Å². The maximum absolute atomic E-state index is 11.7. The molecule has 118 valence electrons. The van der Waals surface area contributed by atoms with E-state index in [0.717, 1.165) is 17.8 Å². The van der Waals surface area contributed by atoms with Crippen molar-refractivity contribution in [3.8, 4) is 0 Å². The quantitative estimate of drug-likeness (QED) is 0.725. The zero-order valence-corrected chi connectivity index (χ0v) is 13.1. The Morgan fingerprint density at radius 3 is 2.57 bits per heavy atom. The summed E-state index contributed by atoms with van der Waals surface area (Å²) in [6.45, 7) is 3.59. The second kappa shape index (κ2) is 9.50. The van der Waals surface area contributed by atoms with Crippen molar-refractivity contribution in [1.29, 1.82) is 0 Å². The second-order valence-electron chi connectivity index (χ2n) is 5.32. The van der Waals surface area contributed by atoms with Crippen molar-refractivity contribution >= 4 is 11.6 Å². The predicted octanol–water partition coefficient (Wildman–Crippen LogP) is 1.52. The molecule has 2 N–H and O–H groups in total. The smallest absolute Gasteiger partial charge is 0.225 e. The highest BCUT2D eigenvalue weighted by Gasteiger charge is 2.07. The fraction of sp³-hybridized carbons (Fsp3) is 0.562. The molecule has 0 radical (unpaired) electrons. The lowest BCUT2D eigenvalue weighted by Crippen LogP contribution is -2.21. The van der Waals surface area contributed by atoms with Crippen LogP contribution in [0.5, 0.6) is 0 Å². The largest absolute Gasteiger partial charge is 0.390 e. The third-order valence-corrected chi connectivity index (χ3v) is 3.01. The summed E-state index contributed by atoms with van der Waals surface area (Å²) < 4.78 is 5.18. The lowest BCUT2D eigenvalue weighted by atomic mass is 10.1. The highest BCUT2D eigenvalue weighted by Crippen LogP contribution is 2.12. The van der Waals surface area contributed by atoms with Gasteiger partial charge in [0.25, 0.3) is 0 Å². The van der Waals surface area contributed by atoms with Crippen molar-refractivity contribution < 1.29 is 14.6 Å². The van der Waals surface area contributed by atoms with Crippen molar-refractivity contribution in [2.24, 2.45) is 0 Å². The molecule has 5 nitrogen and oxygen atoms in total. The normalized spacial score (nSPS) is 12.4. The minimum Gasteiger partial charge on any atom is -0.390 e. The van der Waals surface area contributed by atoms with Crippen LogP contribution in [0.15, 0.2) is 24.3 Å². The summed E-state index contributed by atoms with van der Waals surface area (Å²) in [7, 11) is 3.88. The van der Waals surface area contributed by atoms with E-state index in [1.165, 1.54) is 0 Å². The van der Waals surface area contributed by atoms with Gasteiger partial charge >= 0.3 is 0 Å². The van der Waals surface area contributed by atoms with Crippen LogP contribution in [0.1, 0.15) is 18.9 Å². The number of aliphatic hydroxyl groups excluding tert-OH is 1. The molecular weight excluding hydrogens is 268 g/mol. The summed E-state index contributed by atoms with van der Waals surface area (Å²) in [5, 5.41) is 12.6. The van der Waals surface area contributed by atoms with E-state index >= 15 is 0 Å². The number of aliphatic hydroxyl groups is 1. The molecular formula is C16H26N2O3. The Morgan fingerprint density at radius 2 is 2.00 bits per heavy atom. The molecule has 1 rings (SSSR count). The summed E-state index contributed by atoms with van der Waals surface area (Å²) in [5.74, 6) is 0.00725. The van der Waals surface area contributed by atoms with Crippen molar-refractivity contribution in [1.82, 2.24) is 4.90 Å². The average molecular weight is 294 g/mol. The topological polar surface area (TPSA) is 61.8 Å². The molecule has 1 aromatic carbocycles. The van der Waals surface area contributed by atoms with Gasteiger partial charge in [0.1, 0.15) is 0 Å². The van der Waals surface area contributed by atoms with Gasteiger partial charge in [-0.05, 0) is 38.7 Å². The molecule has 0 bridgehead atoms. The minimum absolute atomic E-state index is 0.00725. The molecule has 0 unspecified atom stereocenters. The first kappa shape index (κ1) is 17.6. The molecule has 0 aliphatic rings. The molecule has 5 heteroatoms. The molecule has 1 atom stereocenters. The predicted molar refractivity (Wildman–Crippen MR) is 84.4 cm³/mol. The lowest BCUT2D eigenvalue weighted by Gasteiger charge is -2.12. The molecule has 0 heterocycles. The number of hydrogen-bond donors (Lipinski definition) is 2. The van der Waals surface area contributed by atoms with Crippen LogP contribution < -0.4 is 5.32 Å². The first-order chi connectivity index (χ1) is 10.0. The number of amides is 1. The number of benzene rings is 1. The molecule has 1 aromatic rings. The minimum atomic E-state index is -0.495. The standard InChI is InChI=1S/C16H26N2O3/c1-4-21-12-15(19)11-13-5-7-14(8-6-13)17-16(20)9-10-18(2)3/h5-8,15,19H,4,9-12H2,1-3H3,(H,17,20)/t15-/m1/s1. The van der Waals surface area contributed by atoms with Crippen molar-refractivity contribution in [3.63, 3.8) is 0 Å². The third-order valence-electron chi connectivity index (χ3n) is 3.01. The van der Waals surface area contributed by atoms with Gasteiger partial charge in [0.2, 0.25) is 5.91 Å². The van der Waals surface area contributed by atoms with Crippen LogP contribution in [0.4, 0.5) is 5.69 Å². The fourth-order valence-corrected chi connectivity index (χ4v) is 1.86. The zero-order valence-electron chi connectivity index (χ0n) is 13.1. The average Bonchev–Trinajstić information content (AvgIpc) is 2.45. The summed E-state index contributed by atoms with van der Waals surface area (Å²) in [6, 6.07) is 7.54. The maximum Gasteiger partial charge on any atom is 0.225 e. The summed E-state index contributed by atoms with van der Waals surface area (Å²) in [6.07, 6.45) is 0.530. The van der Waals surface area contributed by atoms with Crippen LogP contribution in [0.2, 0.25) is 0 Å². The highest BCUT2D eigenvalue weighted by molar-refractivity contribution is 5.90. The summed E-state index contributed by atoms with van der Waals surface area (Å²) in [4.78, 5) is 13.7. The SMILES string of the molecule is CCOC[C@H](O)Cc1ccc(NC(=O)CCN(C)C)cc1. The van der Waals surface area contributed by atoms with Gasteiger partial charge in [-0.25, -0.2) is 0 Å². The van der Waals surface area contributed by atoms with Crippen LogP contribution in [0.25, 0.3) is 0 Å². The van der Waals surface area contributed by atoms with Crippen molar-refractivity contribution in [2.45, 2.75) is 25.9 Å². The molecule has 1 amide bonds. The summed E-state index contributed by atoms with van der Waals surface area (Å²) >= 11 is 0. The molecule has 0 saturated heterocycles. The Hall–Kier alpha value is -1.43. The van der Waals surface area contributed by atoms with Gasteiger partial charge in [-0.2, -0.15) is 0 Å². The zero-order chi connectivity index (χ0) is 15.7. The van der Waals surface area contributed by atoms with E-state index in [9.17, 15) is 9.90 Å². The van der Waals surface area contributed by atoms with Crippen LogP contribution >= 0.6 is 0 Å².